The highest BCUT2D eigenvalue weighted by Crippen LogP contribution is 2.39. The summed E-state index contributed by atoms with van der Waals surface area (Å²) < 4.78 is 5.82. The molecule has 1 saturated heterocycles. The molecule has 0 saturated carbocycles. The van der Waals surface area contributed by atoms with E-state index >= 15 is 0 Å². The minimum absolute atomic E-state index is 0.0941. The lowest BCUT2D eigenvalue weighted by Gasteiger charge is -2.28. The summed E-state index contributed by atoms with van der Waals surface area (Å²) in [6, 6.07) is 8.23. The van der Waals surface area contributed by atoms with Gasteiger partial charge in [-0.2, -0.15) is 0 Å². The number of rotatable bonds is 11. The molecule has 1 atom stereocenters. The van der Waals surface area contributed by atoms with E-state index in [0.29, 0.717) is 30.8 Å². The van der Waals surface area contributed by atoms with Crippen LogP contribution in [0.1, 0.15) is 56.3 Å². The summed E-state index contributed by atoms with van der Waals surface area (Å²) >= 11 is 0. The van der Waals surface area contributed by atoms with Gasteiger partial charge in [0.1, 0.15) is 11.5 Å². The normalized spacial score (nSPS) is 17.6. The first-order chi connectivity index (χ1) is 16.4. The number of likely N-dealkylation sites (tertiary alicyclic amines) is 1. The van der Waals surface area contributed by atoms with Crippen molar-refractivity contribution in [3.05, 3.63) is 65.0 Å². The van der Waals surface area contributed by atoms with E-state index in [1.165, 1.54) is 0 Å². The van der Waals surface area contributed by atoms with Crippen molar-refractivity contribution in [3.8, 4) is 5.75 Å². The van der Waals surface area contributed by atoms with E-state index in [0.717, 1.165) is 37.2 Å². The van der Waals surface area contributed by atoms with Crippen LogP contribution < -0.4 is 4.74 Å². The smallest absolute Gasteiger partial charge is 0.295 e. The zero-order chi connectivity index (χ0) is 24.7. The first kappa shape index (κ1) is 25.4. The van der Waals surface area contributed by atoms with Crippen LogP contribution in [0.4, 0.5) is 0 Å². The molecule has 0 aliphatic carbocycles. The molecule has 3 rings (SSSR count). The van der Waals surface area contributed by atoms with Crippen molar-refractivity contribution in [3.63, 3.8) is 0 Å². The molecular formula is C27H35N3O4. The second-order valence-corrected chi connectivity index (χ2v) is 8.49. The number of carbonyl (C=O) groups excluding carboxylic acids is 2. The van der Waals surface area contributed by atoms with Gasteiger partial charge in [-0.05, 0) is 61.8 Å². The molecule has 182 valence electrons. The topological polar surface area (TPSA) is 83.0 Å². The van der Waals surface area contributed by atoms with Crippen molar-refractivity contribution in [1.29, 1.82) is 0 Å². The summed E-state index contributed by atoms with van der Waals surface area (Å²) in [5.74, 6) is -0.708. The molecule has 0 spiro atoms. The lowest BCUT2D eigenvalue weighted by atomic mass is 9.95. The Balaban J connectivity index is 2.00. The van der Waals surface area contributed by atoms with Crippen molar-refractivity contribution >= 4 is 17.4 Å². The molecule has 7 nitrogen and oxygen atoms in total. The Morgan fingerprint density at radius 1 is 1.18 bits per heavy atom. The molecule has 2 heterocycles. The number of unbranched alkanes of at least 4 members (excludes halogenated alkanes) is 1. The Hall–Kier alpha value is -3.19. The quantitative estimate of drug-likeness (QED) is 0.230. The molecule has 7 heteroatoms. The lowest BCUT2D eigenvalue weighted by molar-refractivity contribution is -0.140. The first-order valence-electron chi connectivity index (χ1n) is 12.1. The van der Waals surface area contributed by atoms with Crippen LogP contribution in [0.2, 0.25) is 0 Å². The third-order valence-corrected chi connectivity index (χ3v) is 6.30. The average molecular weight is 466 g/mol. The van der Waals surface area contributed by atoms with Gasteiger partial charge in [0.05, 0.1) is 18.2 Å². The number of aliphatic hydroxyl groups excluding tert-OH is 1. The van der Waals surface area contributed by atoms with E-state index in [4.69, 9.17) is 4.74 Å². The molecule has 1 aliphatic heterocycles. The van der Waals surface area contributed by atoms with E-state index in [-0.39, 0.29) is 11.3 Å². The van der Waals surface area contributed by atoms with E-state index in [9.17, 15) is 14.7 Å². The maximum atomic E-state index is 13.2. The van der Waals surface area contributed by atoms with Crippen molar-refractivity contribution in [2.45, 2.75) is 46.6 Å². The molecule has 1 amide bonds. The number of aliphatic hydroxyl groups is 1. The highest BCUT2D eigenvalue weighted by molar-refractivity contribution is 6.46. The van der Waals surface area contributed by atoms with Gasteiger partial charge in [0.25, 0.3) is 11.7 Å². The second-order valence-electron chi connectivity index (χ2n) is 8.49. The number of hydrogen-bond donors (Lipinski definition) is 1. The fourth-order valence-corrected chi connectivity index (χ4v) is 4.22. The summed E-state index contributed by atoms with van der Waals surface area (Å²) in [6.07, 6.45) is 5.29. The van der Waals surface area contributed by atoms with Crippen LogP contribution in [0, 0.1) is 6.92 Å². The Kier molecular flexibility index (Phi) is 8.82. The molecule has 1 aromatic carbocycles. The predicted octanol–water partition coefficient (Wildman–Crippen LogP) is 4.33. The number of amides is 1. The summed E-state index contributed by atoms with van der Waals surface area (Å²) in [4.78, 5) is 34.2. The molecule has 0 radical (unpaired) electrons. The Bertz CT molecular complexity index is 1030. The van der Waals surface area contributed by atoms with Crippen LogP contribution in [0.15, 0.2) is 48.3 Å². The van der Waals surface area contributed by atoms with Gasteiger partial charge < -0.3 is 19.6 Å². The number of likely N-dealkylation sites (N-methyl/N-ethyl adjacent to an activating group) is 1. The Morgan fingerprint density at radius 2 is 1.94 bits per heavy atom. The van der Waals surface area contributed by atoms with Gasteiger partial charge in [-0.1, -0.05) is 33.3 Å². The number of nitrogens with zero attached hydrogens (tertiary/aromatic N) is 3. The van der Waals surface area contributed by atoms with Gasteiger partial charge in [0.2, 0.25) is 0 Å². The number of benzene rings is 1. The number of aryl methyl sites for hydroxylation is 1. The maximum Gasteiger partial charge on any atom is 0.295 e. The van der Waals surface area contributed by atoms with E-state index < -0.39 is 17.7 Å². The highest BCUT2D eigenvalue weighted by atomic mass is 16.5. The van der Waals surface area contributed by atoms with Gasteiger partial charge in [-0.15, -0.1) is 0 Å². The molecule has 0 bridgehead atoms. The minimum Gasteiger partial charge on any atom is -0.507 e. The van der Waals surface area contributed by atoms with Crippen LogP contribution >= 0.6 is 0 Å². The maximum absolute atomic E-state index is 13.2. The van der Waals surface area contributed by atoms with Crippen LogP contribution in [0.5, 0.6) is 5.75 Å². The van der Waals surface area contributed by atoms with Crippen molar-refractivity contribution in [2.75, 3.05) is 32.8 Å². The van der Waals surface area contributed by atoms with Crippen molar-refractivity contribution in [1.82, 2.24) is 14.8 Å². The Morgan fingerprint density at radius 3 is 2.56 bits per heavy atom. The number of pyridine rings is 1. The number of ether oxygens (including phenoxy) is 1. The molecule has 34 heavy (non-hydrogen) atoms. The summed E-state index contributed by atoms with van der Waals surface area (Å²) in [6.45, 7) is 11.5. The average Bonchev–Trinajstić information content (AvgIpc) is 3.10. The predicted molar refractivity (Wildman–Crippen MR) is 133 cm³/mol. The van der Waals surface area contributed by atoms with Gasteiger partial charge >= 0.3 is 0 Å². The third kappa shape index (κ3) is 5.47. The van der Waals surface area contributed by atoms with E-state index in [1.807, 2.05) is 13.0 Å². The Labute approximate surface area is 202 Å². The molecule has 2 aromatic rings. The standard InChI is InChI=1S/C27H35N3O4/c1-5-8-16-34-22-12-11-20(17-19(22)4)25(31)23-24(21-10-9-13-28-18-21)30(27(33)26(23)32)15-14-29(6-2)7-3/h9-13,17-18,24,31H,5-8,14-16H2,1-4H3/b25-23+. The largest absolute Gasteiger partial charge is 0.507 e. The number of aromatic nitrogens is 1. The molecular weight excluding hydrogens is 430 g/mol. The van der Waals surface area contributed by atoms with Crippen LogP contribution in [0.3, 0.4) is 0 Å². The lowest BCUT2D eigenvalue weighted by Crippen LogP contribution is -2.38. The fraction of sp³-hybridized carbons (Fsp3) is 0.444. The zero-order valence-electron chi connectivity index (χ0n) is 20.6. The van der Waals surface area contributed by atoms with E-state index in [1.54, 1.807) is 41.6 Å². The molecule has 1 fully saturated rings. The second kappa shape index (κ2) is 11.8. The summed E-state index contributed by atoms with van der Waals surface area (Å²) in [5, 5.41) is 11.3. The van der Waals surface area contributed by atoms with Gasteiger partial charge in [0, 0.05) is 31.0 Å². The van der Waals surface area contributed by atoms with Gasteiger partial charge in [-0.25, -0.2) is 0 Å². The SMILES string of the molecule is CCCCOc1ccc(/C(O)=C2\C(=O)C(=O)N(CCN(CC)CC)C2c2cccnc2)cc1C. The first-order valence-corrected chi connectivity index (χ1v) is 12.1. The summed E-state index contributed by atoms with van der Waals surface area (Å²) in [7, 11) is 0. The fourth-order valence-electron chi connectivity index (χ4n) is 4.22. The van der Waals surface area contributed by atoms with Crippen LogP contribution in [-0.2, 0) is 9.59 Å². The highest BCUT2D eigenvalue weighted by Gasteiger charge is 2.46. The molecule has 1 N–H and O–H groups in total. The molecule has 1 unspecified atom stereocenters. The molecule has 1 aromatic heterocycles. The number of ketones is 1. The van der Waals surface area contributed by atoms with Crippen LogP contribution in [0.25, 0.3) is 5.76 Å². The van der Waals surface area contributed by atoms with E-state index in [2.05, 4.69) is 30.7 Å². The third-order valence-electron chi connectivity index (χ3n) is 6.30. The molecule has 1 aliphatic rings. The van der Waals surface area contributed by atoms with Crippen LogP contribution in [-0.4, -0.2) is 64.4 Å². The number of carbonyl (C=O) groups is 2. The van der Waals surface area contributed by atoms with Crippen molar-refractivity contribution in [2.24, 2.45) is 0 Å². The minimum atomic E-state index is -0.690. The monoisotopic (exact) mass is 465 g/mol. The number of hydrogen-bond acceptors (Lipinski definition) is 6. The van der Waals surface area contributed by atoms with Gasteiger partial charge in [-0.3, -0.25) is 14.6 Å². The zero-order valence-corrected chi connectivity index (χ0v) is 20.6. The van der Waals surface area contributed by atoms with Gasteiger partial charge in [0.15, 0.2) is 0 Å². The summed E-state index contributed by atoms with van der Waals surface area (Å²) in [5.41, 5.74) is 2.13. The van der Waals surface area contributed by atoms with Crippen molar-refractivity contribution < 1.29 is 19.4 Å². The number of Topliss-reactive ketones (excluding diaryl/α,β-unsaturated/α-hetero) is 1.